The van der Waals surface area contributed by atoms with Crippen molar-refractivity contribution in [2.45, 2.75) is 6.42 Å². The summed E-state index contributed by atoms with van der Waals surface area (Å²) in [5.74, 6) is 5.15. The van der Waals surface area contributed by atoms with Crippen LogP contribution in [0, 0.1) is 12.3 Å². The molecule has 2 aromatic heterocycles. The highest BCUT2D eigenvalue weighted by atomic mass is 16.5. The van der Waals surface area contributed by atoms with Crippen molar-refractivity contribution in [3.8, 4) is 23.8 Å². The Bertz CT molecular complexity index is 1840. The van der Waals surface area contributed by atoms with Crippen molar-refractivity contribution < 1.29 is 13.6 Å². The third kappa shape index (κ3) is 4.03. The summed E-state index contributed by atoms with van der Waals surface area (Å²) in [5.41, 5.74) is 6.11. The molecule has 0 atom stereocenters. The number of benzene rings is 4. The molecule has 0 spiro atoms. The number of ether oxygens (including phenoxy) is 1. The van der Waals surface area contributed by atoms with E-state index in [0.29, 0.717) is 29.4 Å². The fourth-order valence-corrected chi connectivity index (χ4v) is 4.79. The maximum absolute atomic E-state index is 6.26. The monoisotopic (exact) mass is 507 g/mol. The molecule has 0 unspecified atom stereocenters. The number of oxazole rings is 2. The number of fused-ring (bicyclic) bond motifs is 4. The highest BCUT2D eigenvalue weighted by Crippen LogP contribution is 2.50. The van der Waals surface area contributed by atoms with Gasteiger partial charge in [0.15, 0.2) is 28.6 Å². The molecule has 1 aliphatic heterocycles. The van der Waals surface area contributed by atoms with E-state index >= 15 is 0 Å². The number of hydrogen-bond donors (Lipinski definition) is 0. The first-order valence-electron chi connectivity index (χ1n) is 12.5. The molecule has 0 saturated carbocycles. The summed E-state index contributed by atoms with van der Waals surface area (Å²) in [6.07, 6.45) is 10.0. The Morgan fingerprint density at radius 3 is 1.97 bits per heavy atom. The van der Waals surface area contributed by atoms with Gasteiger partial charge < -0.3 is 18.5 Å². The number of anilines is 2. The van der Waals surface area contributed by atoms with E-state index in [4.69, 9.17) is 25.0 Å². The Kier molecular flexibility index (Phi) is 5.46. The number of terminal acetylenes is 1. The minimum atomic E-state index is 0.411. The second-order valence-corrected chi connectivity index (χ2v) is 8.95. The Labute approximate surface area is 224 Å². The van der Waals surface area contributed by atoms with E-state index in [1.807, 2.05) is 103 Å². The normalized spacial score (nSPS) is 13.2. The summed E-state index contributed by atoms with van der Waals surface area (Å²) in [6, 6.07) is 31.1. The molecular formula is C33H21N3O3. The summed E-state index contributed by atoms with van der Waals surface area (Å²) >= 11 is 0. The molecule has 3 heterocycles. The van der Waals surface area contributed by atoms with E-state index in [1.54, 1.807) is 6.08 Å². The zero-order valence-electron chi connectivity index (χ0n) is 20.7. The van der Waals surface area contributed by atoms with Gasteiger partial charge in [0, 0.05) is 12.5 Å². The van der Waals surface area contributed by atoms with Gasteiger partial charge in [0.25, 0.3) is 0 Å². The minimum Gasteiger partial charge on any atom is -0.453 e. The van der Waals surface area contributed by atoms with E-state index in [2.05, 4.69) is 15.8 Å². The molecule has 6 nitrogen and oxygen atoms in total. The van der Waals surface area contributed by atoms with Crippen LogP contribution in [0.5, 0.6) is 11.5 Å². The molecular weight excluding hydrogens is 486 g/mol. The van der Waals surface area contributed by atoms with Crippen molar-refractivity contribution >= 4 is 39.1 Å². The molecule has 0 bridgehead atoms. The van der Waals surface area contributed by atoms with Crippen LogP contribution in [-0.4, -0.2) is 9.97 Å². The van der Waals surface area contributed by atoms with E-state index in [9.17, 15) is 0 Å². The minimum absolute atomic E-state index is 0.411. The van der Waals surface area contributed by atoms with Crippen LogP contribution in [0.3, 0.4) is 0 Å². The first kappa shape index (κ1) is 22.6. The molecule has 186 valence electrons. The Balaban J connectivity index is 1.44. The van der Waals surface area contributed by atoms with Gasteiger partial charge >= 0.3 is 0 Å². The maximum Gasteiger partial charge on any atom is 0.230 e. The number of allylic oxidation sites excluding steroid dienone is 3. The average Bonchev–Trinajstić information content (AvgIpc) is 3.60. The van der Waals surface area contributed by atoms with Gasteiger partial charge in [-0.2, -0.15) is 0 Å². The summed E-state index contributed by atoms with van der Waals surface area (Å²) in [6.45, 7) is 0. The lowest BCUT2D eigenvalue weighted by atomic mass is 10.0. The van der Waals surface area contributed by atoms with Crippen LogP contribution >= 0.6 is 0 Å². The summed E-state index contributed by atoms with van der Waals surface area (Å²) in [7, 11) is 0. The molecule has 39 heavy (non-hydrogen) atoms. The lowest BCUT2D eigenvalue weighted by Crippen LogP contribution is -2.22. The van der Waals surface area contributed by atoms with E-state index in [1.165, 1.54) is 0 Å². The predicted molar refractivity (Wildman–Crippen MR) is 152 cm³/mol. The molecule has 6 aromatic rings. The summed E-state index contributed by atoms with van der Waals surface area (Å²) in [5, 5.41) is 0. The average molecular weight is 508 g/mol. The molecule has 7 rings (SSSR count). The standard InChI is InChI=1S/C33H21N3O3/c1-2-11-22(33-35-24-13-4-8-17-29(24)39-33)25(20-21-32-34-23-12-3-7-16-28(23)38-32)36-26-14-5-9-18-30(26)37-31-19-10-6-15-27(31)36/h1,3-20H,21H2/b22-11+,25-20+. The highest BCUT2D eigenvalue weighted by Gasteiger charge is 2.30. The number of para-hydroxylation sites is 8. The fourth-order valence-electron chi connectivity index (χ4n) is 4.79. The van der Waals surface area contributed by atoms with Gasteiger partial charge in [0.2, 0.25) is 5.89 Å². The lowest BCUT2D eigenvalue weighted by Gasteiger charge is -2.34. The zero-order chi connectivity index (χ0) is 26.2. The van der Waals surface area contributed by atoms with Crippen LogP contribution in [0.4, 0.5) is 11.4 Å². The Morgan fingerprint density at radius 2 is 1.33 bits per heavy atom. The fraction of sp³-hybridized carbons (Fsp3) is 0.0303. The lowest BCUT2D eigenvalue weighted by molar-refractivity contribution is 0.476. The van der Waals surface area contributed by atoms with Crippen LogP contribution in [0.15, 0.2) is 124 Å². The van der Waals surface area contributed by atoms with Gasteiger partial charge in [-0.05, 0) is 48.5 Å². The molecule has 0 saturated heterocycles. The second-order valence-electron chi connectivity index (χ2n) is 8.95. The SMILES string of the molecule is C#C/C=C(\C(=C/Cc1nc2ccccc2o1)N1c2ccccc2Oc2ccccc21)c1nc2ccccc2o1. The van der Waals surface area contributed by atoms with E-state index < -0.39 is 0 Å². The van der Waals surface area contributed by atoms with Gasteiger partial charge in [-0.1, -0.05) is 60.5 Å². The Morgan fingerprint density at radius 1 is 0.744 bits per heavy atom. The smallest absolute Gasteiger partial charge is 0.230 e. The molecule has 0 fully saturated rings. The van der Waals surface area contributed by atoms with Crippen molar-refractivity contribution in [3.05, 3.63) is 127 Å². The summed E-state index contributed by atoms with van der Waals surface area (Å²) < 4.78 is 18.5. The molecule has 6 heteroatoms. The molecule has 4 aromatic carbocycles. The van der Waals surface area contributed by atoms with E-state index in [0.717, 1.165) is 45.2 Å². The molecule has 0 radical (unpaired) electrons. The van der Waals surface area contributed by atoms with Crippen LogP contribution in [-0.2, 0) is 6.42 Å². The number of hydrogen-bond acceptors (Lipinski definition) is 6. The first-order valence-corrected chi connectivity index (χ1v) is 12.5. The van der Waals surface area contributed by atoms with E-state index in [-0.39, 0.29) is 0 Å². The van der Waals surface area contributed by atoms with Gasteiger partial charge in [-0.3, -0.25) is 0 Å². The molecule has 0 aliphatic carbocycles. The number of nitrogens with zero attached hydrogens (tertiary/aromatic N) is 3. The number of aromatic nitrogens is 2. The predicted octanol–water partition coefficient (Wildman–Crippen LogP) is 8.06. The quantitative estimate of drug-likeness (QED) is 0.174. The van der Waals surface area contributed by atoms with Crippen LogP contribution in [0.1, 0.15) is 11.8 Å². The van der Waals surface area contributed by atoms with Gasteiger partial charge in [0.05, 0.1) is 22.6 Å². The maximum atomic E-state index is 6.26. The second kappa shape index (κ2) is 9.40. The third-order valence-corrected chi connectivity index (χ3v) is 6.51. The first-order chi connectivity index (χ1) is 19.3. The van der Waals surface area contributed by atoms with Crippen LogP contribution in [0.25, 0.3) is 27.8 Å². The highest BCUT2D eigenvalue weighted by molar-refractivity contribution is 5.92. The van der Waals surface area contributed by atoms with Crippen LogP contribution < -0.4 is 9.64 Å². The Hall–Kier alpha value is -5.54. The molecule has 0 amide bonds. The topological polar surface area (TPSA) is 64.5 Å². The molecule has 1 aliphatic rings. The van der Waals surface area contributed by atoms with Gasteiger partial charge in [0.1, 0.15) is 11.0 Å². The zero-order valence-corrected chi connectivity index (χ0v) is 20.7. The number of rotatable bonds is 5. The van der Waals surface area contributed by atoms with Crippen molar-refractivity contribution in [2.75, 3.05) is 4.90 Å². The van der Waals surface area contributed by atoms with Crippen molar-refractivity contribution in [1.82, 2.24) is 9.97 Å². The van der Waals surface area contributed by atoms with Crippen molar-refractivity contribution in [2.24, 2.45) is 0 Å². The van der Waals surface area contributed by atoms with Crippen molar-refractivity contribution in [1.29, 1.82) is 0 Å². The summed E-state index contributed by atoms with van der Waals surface area (Å²) in [4.78, 5) is 11.6. The largest absolute Gasteiger partial charge is 0.453 e. The molecule has 0 N–H and O–H groups in total. The van der Waals surface area contributed by atoms with Crippen LogP contribution in [0.2, 0.25) is 0 Å². The van der Waals surface area contributed by atoms with Gasteiger partial charge in [-0.25, -0.2) is 9.97 Å². The third-order valence-electron chi connectivity index (χ3n) is 6.51. The van der Waals surface area contributed by atoms with Gasteiger partial charge in [-0.15, -0.1) is 6.42 Å². The van der Waals surface area contributed by atoms with Crippen molar-refractivity contribution in [3.63, 3.8) is 0 Å².